The van der Waals surface area contributed by atoms with Gasteiger partial charge >= 0.3 is 0 Å². The van der Waals surface area contributed by atoms with Gasteiger partial charge in [0.05, 0.1) is 6.61 Å². The Kier molecular flexibility index (Phi) is 1.50. The Labute approximate surface area is 83.1 Å². The van der Waals surface area contributed by atoms with E-state index in [0.29, 0.717) is 12.7 Å². The Morgan fingerprint density at radius 1 is 1.43 bits per heavy atom. The summed E-state index contributed by atoms with van der Waals surface area (Å²) in [7, 11) is 0. The van der Waals surface area contributed by atoms with Crippen molar-refractivity contribution >= 4 is 5.76 Å². The molecule has 1 atom stereocenters. The van der Waals surface area contributed by atoms with Gasteiger partial charge in [-0.1, -0.05) is 18.7 Å². The molecular weight excluding hydrogens is 176 g/mol. The predicted octanol–water partition coefficient (Wildman–Crippen LogP) is 2.57. The quantitative estimate of drug-likeness (QED) is 0.632. The third-order valence-corrected chi connectivity index (χ3v) is 3.01. The third-order valence-electron chi connectivity index (χ3n) is 3.01. The average molecular weight is 188 g/mol. The van der Waals surface area contributed by atoms with Gasteiger partial charge in [0.25, 0.3) is 0 Å². The molecule has 1 fully saturated rings. The van der Waals surface area contributed by atoms with Crippen molar-refractivity contribution in [2.24, 2.45) is 0 Å². The third kappa shape index (κ3) is 1.01. The fraction of sp³-hybridized carbons (Fsp3) is 0.333. The van der Waals surface area contributed by atoms with Crippen molar-refractivity contribution in [3.63, 3.8) is 0 Å². The zero-order chi connectivity index (χ0) is 9.71. The molecule has 2 nitrogen and oxygen atoms in total. The normalized spacial score (nSPS) is 23.2. The van der Waals surface area contributed by atoms with E-state index in [4.69, 9.17) is 9.47 Å². The van der Waals surface area contributed by atoms with Crippen LogP contribution < -0.4 is 0 Å². The first-order chi connectivity index (χ1) is 6.77. The van der Waals surface area contributed by atoms with Crippen LogP contribution in [0.2, 0.25) is 0 Å². The molecular formula is C12H12O2. The lowest BCUT2D eigenvalue weighted by Crippen LogP contribution is -1.94. The van der Waals surface area contributed by atoms with E-state index in [1.165, 1.54) is 16.7 Å². The summed E-state index contributed by atoms with van der Waals surface area (Å²) in [6, 6.07) is 4.22. The maximum atomic E-state index is 5.42. The lowest BCUT2D eigenvalue weighted by atomic mass is 9.96. The van der Waals surface area contributed by atoms with Gasteiger partial charge in [0.2, 0.25) is 0 Å². The Hall–Kier alpha value is -1.28. The molecule has 2 heterocycles. The van der Waals surface area contributed by atoms with Crippen LogP contribution in [0.4, 0.5) is 0 Å². The molecule has 0 aromatic heterocycles. The van der Waals surface area contributed by atoms with E-state index in [0.717, 1.165) is 17.9 Å². The van der Waals surface area contributed by atoms with Crippen LogP contribution in [-0.4, -0.2) is 6.61 Å². The summed E-state index contributed by atoms with van der Waals surface area (Å²) in [5.74, 6) is 0.798. The molecule has 0 radical (unpaired) electrons. The van der Waals surface area contributed by atoms with Crippen molar-refractivity contribution in [1.29, 1.82) is 0 Å². The van der Waals surface area contributed by atoms with Gasteiger partial charge in [0.1, 0.15) is 18.5 Å². The Balaban J connectivity index is 2.16. The molecule has 0 spiro atoms. The number of hydrogen-bond donors (Lipinski definition) is 0. The standard InChI is InChI=1S/C12H12O2/c1-7-9(12-6-14-12)3-4-10-8(2)13-5-11(7)10/h3-4,12H,2,5-6H2,1H3/t12-/m1/s1. The molecule has 2 aliphatic rings. The first-order valence-corrected chi connectivity index (χ1v) is 4.83. The van der Waals surface area contributed by atoms with Gasteiger partial charge in [-0.15, -0.1) is 0 Å². The van der Waals surface area contributed by atoms with Crippen LogP contribution in [0.15, 0.2) is 18.7 Å². The largest absolute Gasteiger partial charge is 0.489 e. The van der Waals surface area contributed by atoms with Gasteiger partial charge < -0.3 is 9.47 Å². The number of hydrogen-bond acceptors (Lipinski definition) is 2. The van der Waals surface area contributed by atoms with Gasteiger partial charge in [0.15, 0.2) is 0 Å². The summed E-state index contributed by atoms with van der Waals surface area (Å²) in [6.45, 7) is 7.54. The van der Waals surface area contributed by atoms with E-state index in [1.54, 1.807) is 0 Å². The summed E-state index contributed by atoms with van der Waals surface area (Å²) < 4.78 is 10.7. The molecule has 0 bridgehead atoms. The van der Waals surface area contributed by atoms with Crippen LogP contribution in [0.5, 0.6) is 0 Å². The molecule has 0 saturated carbocycles. The van der Waals surface area contributed by atoms with Crippen LogP contribution in [-0.2, 0) is 16.1 Å². The summed E-state index contributed by atoms with van der Waals surface area (Å²) in [6.07, 6.45) is 0.328. The summed E-state index contributed by atoms with van der Waals surface area (Å²) in [4.78, 5) is 0. The molecule has 1 saturated heterocycles. The van der Waals surface area contributed by atoms with Crippen LogP contribution in [0.3, 0.4) is 0 Å². The van der Waals surface area contributed by atoms with E-state index in [9.17, 15) is 0 Å². The zero-order valence-electron chi connectivity index (χ0n) is 8.17. The van der Waals surface area contributed by atoms with Crippen molar-refractivity contribution < 1.29 is 9.47 Å². The molecule has 72 valence electrons. The zero-order valence-corrected chi connectivity index (χ0v) is 8.17. The second-order valence-corrected chi connectivity index (χ2v) is 3.84. The van der Waals surface area contributed by atoms with Crippen LogP contribution in [0, 0.1) is 6.92 Å². The molecule has 0 N–H and O–H groups in total. The maximum Gasteiger partial charge on any atom is 0.120 e. The van der Waals surface area contributed by atoms with Crippen molar-refractivity contribution in [2.45, 2.75) is 19.6 Å². The lowest BCUT2D eigenvalue weighted by Gasteiger charge is -2.06. The average Bonchev–Trinajstić information content (AvgIpc) is 2.93. The number of fused-ring (bicyclic) bond motifs is 1. The first-order valence-electron chi connectivity index (χ1n) is 4.83. The van der Waals surface area contributed by atoms with Gasteiger partial charge in [-0.05, 0) is 18.1 Å². The molecule has 2 aliphatic heterocycles. The van der Waals surface area contributed by atoms with Crippen LogP contribution >= 0.6 is 0 Å². The second kappa shape index (κ2) is 2.61. The Morgan fingerprint density at radius 2 is 2.21 bits per heavy atom. The SMILES string of the molecule is C=C1OCc2c1ccc([C@H]1CO1)c2C. The van der Waals surface area contributed by atoms with E-state index < -0.39 is 0 Å². The Morgan fingerprint density at radius 3 is 2.93 bits per heavy atom. The minimum absolute atomic E-state index is 0.328. The summed E-state index contributed by atoms with van der Waals surface area (Å²) >= 11 is 0. The van der Waals surface area contributed by atoms with Gasteiger partial charge in [0, 0.05) is 11.1 Å². The minimum atomic E-state index is 0.328. The fourth-order valence-electron chi connectivity index (χ4n) is 2.04. The highest BCUT2D eigenvalue weighted by Gasteiger charge is 2.29. The van der Waals surface area contributed by atoms with Crippen LogP contribution in [0.1, 0.15) is 28.4 Å². The second-order valence-electron chi connectivity index (χ2n) is 3.84. The highest BCUT2D eigenvalue weighted by Crippen LogP contribution is 2.38. The smallest absolute Gasteiger partial charge is 0.120 e. The lowest BCUT2D eigenvalue weighted by molar-refractivity contribution is 0.285. The molecule has 14 heavy (non-hydrogen) atoms. The van der Waals surface area contributed by atoms with Gasteiger partial charge in [-0.2, -0.15) is 0 Å². The minimum Gasteiger partial charge on any atom is -0.489 e. The van der Waals surface area contributed by atoms with E-state index in [1.807, 2.05) is 0 Å². The summed E-state index contributed by atoms with van der Waals surface area (Å²) in [5.41, 5.74) is 5.06. The highest BCUT2D eigenvalue weighted by molar-refractivity contribution is 5.66. The number of epoxide rings is 1. The molecule has 0 aliphatic carbocycles. The van der Waals surface area contributed by atoms with E-state index in [2.05, 4.69) is 25.6 Å². The van der Waals surface area contributed by atoms with Crippen LogP contribution in [0.25, 0.3) is 5.76 Å². The monoisotopic (exact) mass is 188 g/mol. The fourth-order valence-corrected chi connectivity index (χ4v) is 2.04. The van der Waals surface area contributed by atoms with E-state index in [-0.39, 0.29) is 0 Å². The number of ether oxygens (including phenoxy) is 2. The van der Waals surface area contributed by atoms with Crippen molar-refractivity contribution in [1.82, 2.24) is 0 Å². The Bertz CT molecular complexity index is 417. The van der Waals surface area contributed by atoms with Crippen molar-refractivity contribution in [2.75, 3.05) is 6.61 Å². The van der Waals surface area contributed by atoms with Gasteiger partial charge in [-0.3, -0.25) is 0 Å². The summed E-state index contributed by atoms with van der Waals surface area (Å²) in [5, 5.41) is 0. The molecule has 2 heteroatoms. The first kappa shape index (κ1) is 8.06. The molecule has 1 aromatic carbocycles. The molecule has 0 amide bonds. The van der Waals surface area contributed by atoms with E-state index >= 15 is 0 Å². The number of rotatable bonds is 1. The van der Waals surface area contributed by atoms with Crippen molar-refractivity contribution in [3.05, 3.63) is 41.0 Å². The number of benzene rings is 1. The van der Waals surface area contributed by atoms with Gasteiger partial charge in [-0.25, -0.2) is 0 Å². The predicted molar refractivity (Wildman–Crippen MR) is 53.7 cm³/mol. The molecule has 1 aromatic rings. The van der Waals surface area contributed by atoms with Crippen molar-refractivity contribution in [3.8, 4) is 0 Å². The molecule has 3 rings (SSSR count). The highest BCUT2D eigenvalue weighted by atomic mass is 16.6. The maximum absolute atomic E-state index is 5.42. The topological polar surface area (TPSA) is 21.8 Å². The molecule has 0 unspecified atom stereocenters.